The number of hydrogen-bond donors (Lipinski definition) is 2. The number of hydrogen-bond acceptors (Lipinski definition) is 4. The lowest BCUT2D eigenvalue weighted by Crippen LogP contribution is -2.23. The summed E-state index contributed by atoms with van der Waals surface area (Å²) in [5.74, 6) is -0.251. The van der Waals surface area contributed by atoms with E-state index in [1.165, 1.54) is 0 Å². The molecule has 2 N–H and O–H groups in total. The van der Waals surface area contributed by atoms with E-state index in [4.69, 9.17) is 0 Å². The largest absolute Gasteiger partial charge is 0.375 e. The monoisotopic (exact) mass is 396 g/mol. The van der Waals surface area contributed by atoms with Crippen LogP contribution in [-0.4, -0.2) is 27.1 Å². The van der Waals surface area contributed by atoms with E-state index < -0.39 is 9.84 Å². The van der Waals surface area contributed by atoms with E-state index in [-0.39, 0.29) is 17.3 Å². The van der Waals surface area contributed by atoms with Crippen LogP contribution in [-0.2, 0) is 14.6 Å². The van der Waals surface area contributed by atoms with Gasteiger partial charge in [-0.3, -0.25) is 4.79 Å². The molecule has 0 aliphatic carbocycles. The summed E-state index contributed by atoms with van der Waals surface area (Å²) >= 11 is 3.23. The molecular formula is C16H17BrN2O3S. The molecule has 0 saturated heterocycles. The van der Waals surface area contributed by atoms with Gasteiger partial charge in [0.05, 0.1) is 12.2 Å². The third kappa shape index (κ3) is 4.56. The fourth-order valence-electron chi connectivity index (χ4n) is 2.11. The third-order valence-electron chi connectivity index (χ3n) is 3.20. The standard InChI is InChI=1S/C16H17BrN2O3S/c1-11-6-3-4-8-13(11)19-15(20)10-18-14-9-5-7-12(17)16(14)23(2,21)22/h3-9,18H,10H2,1-2H3,(H,19,20). The molecule has 2 rings (SSSR count). The van der Waals surface area contributed by atoms with Crippen LogP contribution in [0.25, 0.3) is 0 Å². The van der Waals surface area contributed by atoms with Gasteiger partial charge in [-0.25, -0.2) is 8.42 Å². The van der Waals surface area contributed by atoms with Crippen molar-refractivity contribution in [3.63, 3.8) is 0 Å². The van der Waals surface area contributed by atoms with Crippen LogP contribution in [0.5, 0.6) is 0 Å². The Morgan fingerprint density at radius 1 is 1.09 bits per heavy atom. The summed E-state index contributed by atoms with van der Waals surface area (Å²) in [5.41, 5.74) is 2.08. The number of para-hydroxylation sites is 1. The Labute approximate surface area is 144 Å². The van der Waals surface area contributed by atoms with Gasteiger partial charge < -0.3 is 10.6 Å². The van der Waals surface area contributed by atoms with Gasteiger partial charge in [-0.15, -0.1) is 0 Å². The zero-order valence-electron chi connectivity index (χ0n) is 12.8. The Hall–Kier alpha value is -1.86. The number of rotatable bonds is 5. The Kier molecular flexibility index (Phi) is 5.43. The maximum atomic E-state index is 12.0. The van der Waals surface area contributed by atoms with E-state index >= 15 is 0 Å². The predicted octanol–water partition coefficient (Wildman–Crippen LogP) is 3.21. The van der Waals surface area contributed by atoms with Gasteiger partial charge in [-0.05, 0) is 46.6 Å². The number of anilines is 2. The Morgan fingerprint density at radius 3 is 2.39 bits per heavy atom. The smallest absolute Gasteiger partial charge is 0.243 e. The number of sulfone groups is 1. The minimum absolute atomic E-state index is 0.0344. The summed E-state index contributed by atoms with van der Waals surface area (Å²) in [7, 11) is -3.42. The number of carbonyl (C=O) groups excluding carboxylic acids is 1. The molecule has 0 saturated carbocycles. The quantitative estimate of drug-likeness (QED) is 0.813. The summed E-state index contributed by atoms with van der Waals surface area (Å²) in [6, 6.07) is 12.4. The molecule has 2 aromatic rings. The highest BCUT2D eigenvalue weighted by molar-refractivity contribution is 9.10. The highest BCUT2D eigenvalue weighted by Gasteiger charge is 2.17. The van der Waals surface area contributed by atoms with Crippen LogP contribution in [0.1, 0.15) is 5.56 Å². The Balaban J connectivity index is 2.11. The predicted molar refractivity (Wildman–Crippen MR) is 95.6 cm³/mol. The van der Waals surface area contributed by atoms with Crippen LogP contribution in [0.3, 0.4) is 0 Å². The van der Waals surface area contributed by atoms with Gasteiger partial charge in [0, 0.05) is 16.4 Å². The van der Waals surface area contributed by atoms with Crippen LogP contribution in [0.15, 0.2) is 51.8 Å². The summed E-state index contributed by atoms with van der Waals surface area (Å²) < 4.78 is 24.2. The van der Waals surface area contributed by atoms with Gasteiger partial charge in [0.15, 0.2) is 9.84 Å². The average Bonchev–Trinajstić information content (AvgIpc) is 2.46. The number of carbonyl (C=O) groups is 1. The summed E-state index contributed by atoms with van der Waals surface area (Å²) in [6.45, 7) is 1.87. The first-order chi connectivity index (χ1) is 10.8. The van der Waals surface area contributed by atoms with Crippen molar-refractivity contribution in [3.8, 4) is 0 Å². The van der Waals surface area contributed by atoms with Gasteiger partial charge in [-0.1, -0.05) is 24.3 Å². The van der Waals surface area contributed by atoms with Crippen molar-refractivity contribution < 1.29 is 13.2 Å². The maximum Gasteiger partial charge on any atom is 0.243 e. The molecule has 0 aliphatic heterocycles. The van der Waals surface area contributed by atoms with Crippen LogP contribution in [0.2, 0.25) is 0 Å². The minimum atomic E-state index is -3.42. The van der Waals surface area contributed by atoms with E-state index in [0.717, 1.165) is 17.5 Å². The van der Waals surface area contributed by atoms with Crippen molar-refractivity contribution in [3.05, 3.63) is 52.5 Å². The first kappa shape index (κ1) is 17.5. The lowest BCUT2D eigenvalue weighted by Gasteiger charge is -2.13. The first-order valence-corrected chi connectivity index (χ1v) is 9.55. The normalized spacial score (nSPS) is 11.1. The van der Waals surface area contributed by atoms with Crippen molar-refractivity contribution in [2.24, 2.45) is 0 Å². The number of nitrogens with one attached hydrogen (secondary N) is 2. The number of benzene rings is 2. The fourth-order valence-corrected chi connectivity index (χ4v) is 4.32. The van der Waals surface area contributed by atoms with Crippen LogP contribution in [0.4, 0.5) is 11.4 Å². The lowest BCUT2D eigenvalue weighted by molar-refractivity contribution is -0.114. The molecular weight excluding hydrogens is 380 g/mol. The van der Waals surface area contributed by atoms with E-state index in [0.29, 0.717) is 10.2 Å². The summed E-state index contributed by atoms with van der Waals surface area (Å²) in [6.07, 6.45) is 1.13. The SMILES string of the molecule is Cc1ccccc1NC(=O)CNc1cccc(Br)c1S(C)(=O)=O. The van der Waals surface area contributed by atoms with E-state index in [1.807, 2.05) is 31.2 Å². The molecule has 7 heteroatoms. The lowest BCUT2D eigenvalue weighted by atomic mass is 10.2. The van der Waals surface area contributed by atoms with Crippen molar-refractivity contribution in [1.82, 2.24) is 0 Å². The van der Waals surface area contributed by atoms with Crippen molar-refractivity contribution >= 4 is 43.0 Å². The van der Waals surface area contributed by atoms with E-state index in [9.17, 15) is 13.2 Å². The number of halogens is 1. The molecule has 2 aromatic carbocycles. The van der Waals surface area contributed by atoms with Crippen LogP contribution < -0.4 is 10.6 Å². The molecule has 0 spiro atoms. The molecule has 23 heavy (non-hydrogen) atoms. The number of amides is 1. The second-order valence-electron chi connectivity index (χ2n) is 5.11. The molecule has 1 amide bonds. The molecule has 122 valence electrons. The second kappa shape index (κ2) is 7.14. The third-order valence-corrected chi connectivity index (χ3v) is 5.30. The molecule has 0 heterocycles. The van der Waals surface area contributed by atoms with Crippen molar-refractivity contribution in [2.45, 2.75) is 11.8 Å². The van der Waals surface area contributed by atoms with Crippen LogP contribution >= 0.6 is 15.9 Å². The van der Waals surface area contributed by atoms with Gasteiger partial charge in [0.25, 0.3) is 0 Å². The molecule has 0 aliphatic rings. The topological polar surface area (TPSA) is 75.3 Å². The first-order valence-electron chi connectivity index (χ1n) is 6.87. The van der Waals surface area contributed by atoms with Gasteiger partial charge in [0.1, 0.15) is 4.90 Å². The fraction of sp³-hybridized carbons (Fsp3) is 0.188. The summed E-state index contributed by atoms with van der Waals surface area (Å²) in [4.78, 5) is 12.2. The molecule has 0 radical (unpaired) electrons. The average molecular weight is 397 g/mol. The Morgan fingerprint density at radius 2 is 1.74 bits per heavy atom. The maximum absolute atomic E-state index is 12.0. The van der Waals surface area contributed by atoms with Gasteiger partial charge in [0.2, 0.25) is 5.91 Å². The van der Waals surface area contributed by atoms with Gasteiger partial charge >= 0.3 is 0 Å². The van der Waals surface area contributed by atoms with Crippen molar-refractivity contribution in [2.75, 3.05) is 23.4 Å². The Bertz CT molecular complexity index is 835. The van der Waals surface area contributed by atoms with Gasteiger partial charge in [-0.2, -0.15) is 0 Å². The molecule has 0 unspecified atom stereocenters. The second-order valence-corrected chi connectivity index (χ2v) is 7.91. The molecule has 5 nitrogen and oxygen atoms in total. The van der Waals surface area contributed by atoms with Crippen LogP contribution in [0, 0.1) is 6.92 Å². The molecule has 0 bridgehead atoms. The molecule has 0 atom stereocenters. The van der Waals surface area contributed by atoms with E-state index in [1.54, 1.807) is 18.2 Å². The number of aryl methyl sites for hydroxylation is 1. The highest BCUT2D eigenvalue weighted by atomic mass is 79.9. The van der Waals surface area contributed by atoms with E-state index in [2.05, 4.69) is 26.6 Å². The minimum Gasteiger partial charge on any atom is -0.375 e. The molecule has 0 fully saturated rings. The zero-order valence-corrected chi connectivity index (χ0v) is 15.2. The molecule has 0 aromatic heterocycles. The zero-order chi connectivity index (χ0) is 17.0. The van der Waals surface area contributed by atoms with Crippen molar-refractivity contribution in [1.29, 1.82) is 0 Å². The highest BCUT2D eigenvalue weighted by Crippen LogP contribution is 2.29. The summed E-state index contributed by atoms with van der Waals surface area (Å²) in [5, 5.41) is 5.67.